The van der Waals surface area contributed by atoms with Gasteiger partial charge >= 0.3 is 0 Å². The first kappa shape index (κ1) is 15.3. The van der Waals surface area contributed by atoms with E-state index >= 15 is 0 Å². The van der Waals surface area contributed by atoms with E-state index in [2.05, 4.69) is 30.3 Å². The normalized spacial score (nSPS) is 23.8. The highest BCUT2D eigenvalue weighted by Crippen LogP contribution is 2.19. The monoisotopic (exact) mass is 258 g/mol. The van der Waals surface area contributed by atoms with Gasteiger partial charge in [-0.15, -0.1) is 0 Å². The molecule has 1 aliphatic rings. The predicted molar refractivity (Wildman–Crippen MR) is 79.9 cm³/mol. The summed E-state index contributed by atoms with van der Waals surface area (Å²) < 4.78 is 0. The van der Waals surface area contributed by atoms with Crippen LogP contribution in [0.3, 0.4) is 0 Å². The zero-order chi connectivity index (χ0) is 12.5. The molecule has 0 aromatic heterocycles. The van der Waals surface area contributed by atoms with Crippen LogP contribution in [0.4, 0.5) is 0 Å². The van der Waals surface area contributed by atoms with E-state index in [1.165, 1.54) is 57.6 Å². The Balaban J connectivity index is 2.11. The smallest absolute Gasteiger partial charge is 0.00792 e. The average molecular weight is 258 g/mol. The number of hydrogen-bond acceptors (Lipinski definition) is 3. The highest BCUT2D eigenvalue weighted by molar-refractivity contribution is 7.98. The van der Waals surface area contributed by atoms with Crippen LogP contribution in [-0.2, 0) is 0 Å². The van der Waals surface area contributed by atoms with Crippen LogP contribution in [0.25, 0.3) is 0 Å². The van der Waals surface area contributed by atoms with Crippen LogP contribution in [0, 0.1) is 5.92 Å². The van der Waals surface area contributed by atoms with Crippen LogP contribution in [0.15, 0.2) is 0 Å². The van der Waals surface area contributed by atoms with Gasteiger partial charge in [0.25, 0.3) is 0 Å². The van der Waals surface area contributed by atoms with Gasteiger partial charge in [0.1, 0.15) is 0 Å². The average Bonchev–Trinajstić information content (AvgIpc) is 2.38. The first-order chi connectivity index (χ1) is 8.27. The van der Waals surface area contributed by atoms with Gasteiger partial charge in [-0.3, -0.25) is 0 Å². The summed E-state index contributed by atoms with van der Waals surface area (Å²) >= 11 is 1.96. The molecule has 17 heavy (non-hydrogen) atoms. The number of piperidine rings is 1. The molecule has 2 nitrogen and oxygen atoms in total. The SMILES string of the molecule is CCN1CCCC(C(C)NCCCCSC)C1. The summed E-state index contributed by atoms with van der Waals surface area (Å²) in [5, 5.41) is 3.72. The van der Waals surface area contributed by atoms with Crippen molar-refractivity contribution in [3.8, 4) is 0 Å². The fraction of sp³-hybridized carbons (Fsp3) is 1.00. The third kappa shape index (κ3) is 6.12. The summed E-state index contributed by atoms with van der Waals surface area (Å²) in [4.78, 5) is 2.60. The van der Waals surface area contributed by atoms with E-state index in [1.807, 2.05) is 11.8 Å². The lowest BCUT2D eigenvalue weighted by Gasteiger charge is -2.35. The third-order valence-corrected chi connectivity index (χ3v) is 4.63. The van der Waals surface area contributed by atoms with Gasteiger partial charge in [-0.1, -0.05) is 6.92 Å². The maximum Gasteiger partial charge on any atom is 0.00792 e. The van der Waals surface area contributed by atoms with Crippen LogP contribution >= 0.6 is 11.8 Å². The van der Waals surface area contributed by atoms with E-state index in [4.69, 9.17) is 0 Å². The highest BCUT2D eigenvalue weighted by Gasteiger charge is 2.23. The Hall–Kier alpha value is 0.270. The van der Waals surface area contributed by atoms with Crippen LogP contribution in [0.5, 0.6) is 0 Å². The van der Waals surface area contributed by atoms with Crippen LogP contribution in [0.1, 0.15) is 39.5 Å². The summed E-state index contributed by atoms with van der Waals surface area (Å²) in [7, 11) is 0. The summed E-state index contributed by atoms with van der Waals surface area (Å²) in [5.74, 6) is 2.17. The molecule has 1 rings (SSSR count). The molecule has 1 aliphatic heterocycles. The number of likely N-dealkylation sites (tertiary alicyclic amines) is 1. The maximum atomic E-state index is 3.72. The predicted octanol–water partition coefficient (Wildman–Crippen LogP) is 2.84. The second-order valence-corrected chi connectivity index (χ2v) is 6.22. The Kier molecular flexibility index (Phi) is 8.33. The second-order valence-electron chi connectivity index (χ2n) is 5.24. The number of thioether (sulfide) groups is 1. The Morgan fingerprint density at radius 2 is 2.24 bits per heavy atom. The van der Waals surface area contributed by atoms with Crippen molar-refractivity contribution >= 4 is 11.8 Å². The summed E-state index contributed by atoms with van der Waals surface area (Å²) in [6.07, 6.45) is 7.67. The molecule has 1 saturated heterocycles. The van der Waals surface area contributed by atoms with Crippen molar-refractivity contribution in [3.63, 3.8) is 0 Å². The number of rotatable bonds is 8. The van der Waals surface area contributed by atoms with Gasteiger partial charge in [0.15, 0.2) is 0 Å². The number of hydrogen-bond donors (Lipinski definition) is 1. The molecule has 3 heteroatoms. The first-order valence-corrected chi connectivity index (χ1v) is 8.62. The van der Waals surface area contributed by atoms with Gasteiger partial charge in [-0.25, -0.2) is 0 Å². The van der Waals surface area contributed by atoms with Crippen molar-refractivity contribution in [1.82, 2.24) is 10.2 Å². The Labute approximate surface area is 112 Å². The molecule has 0 aromatic carbocycles. The van der Waals surface area contributed by atoms with Crippen molar-refractivity contribution in [2.24, 2.45) is 5.92 Å². The molecule has 0 aromatic rings. The molecule has 0 radical (unpaired) electrons. The van der Waals surface area contributed by atoms with Gasteiger partial charge in [0.05, 0.1) is 0 Å². The third-order valence-electron chi connectivity index (χ3n) is 3.94. The minimum Gasteiger partial charge on any atom is -0.314 e. The Morgan fingerprint density at radius 1 is 1.41 bits per heavy atom. The zero-order valence-electron chi connectivity index (χ0n) is 11.9. The topological polar surface area (TPSA) is 15.3 Å². The molecule has 0 amide bonds. The fourth-order valence-corrected chi connectivity index (χ4v) is 3.15. The van der Waals surface area contributed by atoms with E-state index < -0.39 is 0 Å². The largest absolute Gasteiger partial charge is 0.314 e. The van der Waals surface area contributed by atoms with Crippen LogP contribution in [-0.4, -0.2) is 49.1 Å². The van der Waals surface area contributed by atoms with E-state index in [0.29, 0.717) is 6.04 Å². The van der Waals surface area contributed by atoms with Crippen molar-refractivity contribution in [2.75, 3.05) is 38.2 Å². The van der Waals surface area contributed by atoms with Crippen molar-refractivity contribution in [1.29, 1.82) is 0 Å². The number of nitrogens with zero attached hydrogens (tertiary/aromatic N) is 1. The van der Waals surface area contributed by atoms with Gasteiger partial charge in [-0.05, 0) is 70.2 Å². The molecule has 102 valence electrons. The van der Waals surface area contributed by atoms with Gasteiger partial charge < -0.3 is 10.2 Å². The van der Waals surface area contributed by atoms with Gasteiger partial charge in [0.2, 0.25) is 0 Å². The lowest BCUT2D eigenvalue weighted by Crippen LogP contribution is -2.44. The minimum absolute atomic E-state index is 0.693. The molecule has 1 heterocycles. The zero-order valence-corrected chi connectivity index (χ0v) is 12.7. The van der Waals surface area contributed by atoms with Crippen molar-refractivity contribution in [3.05, 3.63) is 0 Å². The summed E-state index contributed by atoms with van der Waals surface area (Å²) in [6, 6.07) is 0.693. The lowest BCUT2D eigenvalue weighted by atomic mass is 9.91. The van der Waals surface area contributed by atoms with E-state index in [-0.39, 0.29) is 0 Å². The van der Waals surface area contributed by atoms with E-state index in [0.717, 1.165) is 5.92 Å². The quantitative estimate of drug-likeness (QED) is 0.674. The van der Waals surface area contributed by atoms with Gasteiger partial charge in [-0.2, -0.15) is 11.8 Å². The Bertz CT molecular complexity index is 187. The molecular formula is C14H30N2S. The fourth-order valence-electron chi connectivity index (χ4n) is 2.65. The minimum atomic E-state index is 0.693. The highest BCUT2D eigenvalue weighted by atomic mass is 32.2. The van der Waals surface area contributed by atoms with Crippen molar-refractivity contribution in [2.45, 2.75) is 45.6 Å². The molecule has 0 bridgehead atoms. The molecule has 0 saturated carbocycles. The van der Waals surface area contributed by atoms with Crippen LogP contribution < -0.4 is 5.32 Å². The lowest BCUT2D eigenvalue weighted by molar-refractivity contribution is 0.157. The Morgan fingerprint density at radius 3 is 2.94 bits per heavy atom. The molecule has 2 atom stereocenters. The number of unbranched alkanes of at least 4 members (excludes halogenated alkanes) is 1. The van der Waals surface area contributed by atoms with E-state index in [1.54, 1.807) is 0 Å². The molecule has 0 aliphatic carbocycles. The van der Waals surface area contributed by atoms with Gasteiger partial charge in [0, 0.05) is 12.6 Å². The van der Waals surface area contributed by atoms with Crippen LogP contribution in [0.2, 0.25) is 0 Å². The number of nitrogens with one attached hydrogen (secondary N) is 1. The van der Waals surface area contributed by atoms with E-state index in [9.17, 15) is 0 Å². The molecule has 1 fully saturated rings. The molecular weight excluding hydrogens is 228 g/mol. The second kappa shape index (κ2) is 9.23. The standard InChI is InChI=1S/C14H30N2S/c1-4-16-10-7-8-14(12-16)13(2)15-9-5-6-11-17-3/h13-15H,4-12H2,1-3H3. The maximum absolute atomic E-state index is 3.72. The molecule has 2 unspecified atom stereocenters. The summed E-state index contributed by atoms with van der Waals surface area (Å²) in [5.41, 5.74) is 0. The molecule has 0 spiro atoms. The van der Waals surface area contributed by atoms with Crippen molar-refractivity contribution < 1.29 is 0 Å². The summed E-state index contributed by atoms with van der Waals surface area (Å²) in [6.45, 7) is 9.69. The molecule has 1 N–H and O–H groups in total. The first-order valence-electron chi connectivity index (χ1n) is 7.22.